The number of halogens is 3. The minimum atomic E-state index is -4.44. The van der Waals surface area contributed by atoms with E-state index >= 15 is 0 Å². The van der Waals surface area contributed by atoms with E-state index in [4.69, 9.17) is 0 Å². The fourth-order valence-corrected chi connectivity index (χ4v) is 3.77. The highest BCUT2D eigenvalue weighted by Gasteiger charge is 2.34. The Labute approximate surface area is 120 Å². The van der Waals surface area contributed by atoms with Gasteiger partial charge in [0.05, 0.1) is 0 Å². The molecule has 0 bridgehead atoms. The lowest BCUT2D eigenvalue weighted by Crippen LogP contribution is -2.16. The predicted octanol–water partition coefficient (Wildman–Crippen LogP) is 4.21. The van der Waals surface area contributed by atoms with Gasteiger partial charge < -0.3 is 5.32 Å². The van der Waals surface area contributed by atoms with Crippen molar-refractivity contribution in [3.05, 3.63) is 11.8 Å². The van der Waals surface area contributed by atoms with Crippen molar-refractivity contribution in [3.8, 4) is 0 Å². The number of nitrogens with zero attached hydrogens (tertiary/aromatic N) is 2. The normalized spacial score (nSPS) is 23.6. The summed E-state index contributed by atoms with van der Waals surface area (Å²) in [5.41, 5.74) is -0.886. The molecule has 20 heavy (non-hydrogen) atoms. The van der Waals surface area contributed by atoms with E-state index in [-0.39, 0.29) is 5.95 Å². The molecule has 1 fully saturated rings. The van der Waals surface area contributed by atoms with Crippen LogP contribution in [-0.2, 0) is 6.18 Å². The van der Waals surface area contributed by atoms with Crippen molar-refractivity contribution >= 4 is 17.7 Å². The van der Waals surface area contributed by atoms with Crippen LogP contribution in [0.15, 0.2) is 11.1 Å². The Hall–Kier alpha value is -0.980. The monoisotopic (exact) mass is 305 g/mol. The largest absolute Gasteiger partial charge is 0.433 e. The summed E-state index contributed by atoms with van der Waals surface area (Å²) in [7, 11) is 1.52. The molecule has 0 amide bonds. The number of anilines is 1. The summed E-state index contributed by atoms with van der Waals surface area (Å²) >= 11 is 1.44. The van der Waals surface area contributed by atoms with Crippen molar-refractivity contribution < 1.29 is 13.2 Å². The average molecular weight is 305 g/mol. The van der Waals surface area contributed by atoms with Crippen molar-refractivity contribution in [2.45, 2.75) is 49.1 Å². The first-order valence-electron chi connectivity index (χ1n) is 6.69. The Morgan fingerprint density at radius 2 is 2.05 bits per heavy atom. The van der Waals surface area contributed by atoms with Crippen LogP contribution < -0.4 is 5.32 Å². The van der Waals surface area contributed by atoms with Crippen LogP contribution in [0.1, 0.15) is 38.3 Å². The molecule has 2 rings (SSSR count). The van der Waals surface area contributed by atoms with Crippen LogP contribution in [0.2, 0.25) is 0 Å². The Morgan fingerprint density at radius 1 is 1.30 bits per heavy atom. The van der Waals surface area contributed by atoms with E-state index in [1.165, 1.54) is 25.2 Å². The standard InChI is InChI=1S/C13H18F3N3S/c1-8-4-3-5-9(6-8)20-11-7-10(13(14,15)16)18-12(17-2)19-11/h7-9H,3-6H2,1-2H3,(H,17,18,19). The lowest BCUT2D eigenvalue weighted by atomic mass is 9.91. The van der Waals surface area contributed by atoms with Gasteiger partial charge in [0.25, 0.3) is 0 Å². The number of alkyl halides is 3. The average Bonchev–Trinajstić information content (AvgIpc) is 2.37. The smallest absolute Gasteiger partial charge is 0.357 e. The van der Waals surface area contributed by atoms with Crippen molar-refractivity contribution in [2.75, 3.05) is 12.4 Å². The van der Waals surface area contributed by atoms with Gasteiger partial charge in [-0.3, -0.25) is 0 Å². The number of aromatic nitrogens is 2. The number of hydrogen-bond donors (Lipinski definition) is 1. The third-order valence-corrected chi connectivity index (χ3v) is 4.60. The fourth-order valence-electron chi connectivity index (χ4n) is 2.40. The third-order valence-electron chi connectivity index (χ3n) is 3.39. The first-order valence-corrected chi connectivity index (χ1v) is 7.57. The quantitative estimate of drug-likeness (QED) is 0.849. The number of nitrogens with one attached hydrogen (secondary N) is 1. The summed E-state index contributed by atoms with van der Waals surface area (Å²) in [5.74, 6) is 0.653. The minimum absolute atomic E-state index is 0.0196. The molecule has 0 aliphatic heterocycles. The lowest BCUT2D eigenvalue weighted by molar-refractivity contribution is -0.141. The predicted molar refractivity (Wildman–Crippen MR) is 73.9 cm³/mol. The molecule has 7 heteroatoms. The van der Waals surface area contributed by atoms with Crippen LogP contribution >= 0.6 is 11.8 Å². The van der Waals surface area contributed by atoms with Gasteiger partial charge in [0.2, 0.25) is 5.95 Å². The summed E-state index contributed by atoms with van der Waals surface area (Å²) < 4.78 is 38.4. The first kappa shape index (κ1) is 15.4. The summed E-state index contributed by atoms with van der Waals surface area (Å²) in [4.78, 5) is 7.60. The molecule has 1 N–H and O–H groups in total. The molecular weight excluding hydrogens is 287 g/mol. The maximum atomic E-state index is 12.8. The molecule has 1 aromatic rings. The van der Waals surface area contributed by atoms with E-state index in [1.54, 1.807) is 0 Å². The molecule has 112 valence electrons. The molecule has 2 unspecified atom stereocenters. The molecule has 2 atom stereocenters. The van der Waals surface area contributed by atoms with Gasteiger partial charge in [-0.1, -0.05) is 19.8 Å². The van der Waals surface area contributed by atoms with E-state index < -0.39 is 11.9 Å². The maximum absolute atomic E-state index is 12.8. The van der Waals surface area contributed by atoms with E-state index in [0.29, 0.717) is 16.2 Å². The van der Waals surface area contributed by atoms with Crippen molar-refractivity contribution in [2.24, 2.45) is 5.92 Å². The minimum Gasteiger partial charge on any atom is -0.357 e. The summed E-state index contributed by atoms with van der Waals surface area (Å²) in [6.45, 7) is 2.19. The summed E-state index contributed by atoms with van der Waals surface area (Å²) in [6, 6.07) is 1.05. The SMILES string of the molecule is CNc1nc(SC2CCCC(C)C2)cc(C(F)(F)F)n1. The van der Waals surface area contributed by atoms with Crippen LogP contribution in [-0.4, -0.2) is 22.3 Å². The van der Waals surface area contributed by atoms with E-state index in [2.05, 4.69) is 22.2 Å². The van der Waals surface area contributed by atoms with E-state index in [1.807, 2.05) is 0 Å². The fraction of sp³-hybridized carbons (Fsp3) is 0.692. The van der Waals surface area contributed by atoms with Crippen molar-refractivity contribution in [3.63, 3.8) is 0 Å². The molecule has 0 spiro atoms. The van der Waals surface area contributed by atoms with Gasteiger partial charge in [-0.2, -0.15) is 13.2 Å². The van der Waals surface area contributed by atoms with Gasteiger partial charge in [-0.15, -0.1) is 11.8 Å². The first-order chi connectivity index (χ1) is 9.38. The molecule has 0 aromatic carbocycles. The molecular formula is C13H18F3N3S. The molecule has 0 radical (unpaired) electrons. The van der Waals surface area contributed by atoms with Crippen LogP contribution in [0, 0.1) is 5.92 Å². The van der Waals surface area contributed by atoms with E-state index in [9.17, 15) is 13.2 Å². The molecule has 1 heterocycles. The maximum Gasteiger partial charge on any atom is 0.433 e. The Kier molecular flexibility index (Phi) is 4.78. The summed E-state index contributed by atoms with van der Waals surface area (Å²) in [5, 5.41) is 3.34. The molecule has 1 aliphatic carbocycles. The van der Waals surface area contributed by atoms with Gasteiger partial charge in [0.1, 0.15) is 5.03 Å². The molecule has 1 aromatic heterocycles. The van der Waals surface area contributed by atoms with Gasteiger partial charge in [0, 0.05) is 18.4 Å². The second kappa shape index (κ2) is 6.20. The van der Waals surface area contributed by atoms with Crippen LogP contribution in [0.3, 0.4) is 0 Å². The van der Waals surface area contributed by atoms with Gasteiger partial charge in [0.15, 0.2) is 5.69 Å². The van der Waals surface area contributed by atoms with Gasteiger partial charge in [-0.05, 0) is 18.8 Å². The van der Waals surface area contributed by atoms with Crippen LogP contribution in [0.25, 0.3) is 0 Å². The third kappa shape index (κ3) is 4.01. The highest BCUT2D eigenvalue weighted by Crippen LogP contribution is 2.37. The second-order valence-electron chi connectivity index (χ2n) is 5.17. The van der Waals surface area contributed by atoms with Crippen LogP contribution in [0.5, 0.6) is 0 Å². The molecule has 1 saturated carbocycles. The van der Waals surface area contributed by atoms with E-state index in [0.717, 1.165) is 25.3 Å². The number of rotatable bonds is 3. The summed E-state index contributed by atoms with van der Waals surface area (Å²) in [6.07, 6.45) is -0.0325. The Balaban J connectivity index is 2.18. The molecule has 0 saturated heterocycles. The zero-order valence-electron chi connectivity index (χ0n) is 11.5. The zero-order valence-corrected chi connectivity index (χ0v) is 12.3. The molecule has 3 nitrogen and oxygen atoms in total. The number of thioether (sulfide) groups is 1. The number of hydrogen-bond acceptors (Lipinski definition) is 4. The highest BCUT2D eigenvalue weighted by molar-refractivity contribution is 7.99. The Morgan fingerprint density at radius 3 is 2.65 bits per heavy atom. The molecule has 1 aliphatic rings. The highest BCUT2D eigenvalue weighted by atomic mass is 32.2. The Bertz CT molecular complexity index is 465. The van der Waals surface area contributed by atoms with Crippen molar-refractivity contribution in [1.29, 1.82) is 0 Å². The topological polar surface area (TPSA) is 37.8 Å². The second-order valence-corrected chi connectivity index (χ2v) is 6.50. The van der Waals surface area contributed by atoms with Gasteiger partial charge >= 0.3 is 6.18 Å². The van der Waals surface area contributed by atoms with Crippen LogP contribution in [0.4, 0.5) is 19.1 Å². The lowest BCUT2D eigenvalue weighted by Gasteiger charge is -2.26. The van der Waals surface area contributed by atoms with Crippen molar-refractivity contribution in [1.82, 2.24) is 9.97 Å². The van der Waals surface area contributed by atoms with Gasteiger partial charge in [-0.25, -0.2) is 9.97 Å². The zero-order chi connectivity index (χ0) is 14.8.